The molecule has 3 N–H and O–H groups in total. The van der Waals surface area contributed by atoms with Gasteiger partial charge in [0.05, 0.1) is 12.3 Å². The topological polar surface area (TPSA) is 103 Å². The highest BCUT2D eigenvalue weighted by Gasteiger charge is 2.27. The summed E-state index contributed by atoms with van der Waals surface area (Å²) in [4.78, 5) is 25.0. The molecule has 0 aromatic carbocycles. The molecule has 0 spiro atoms. The van der Waals surface area contributed by atoms with Gasteiger partial charge >= 0.3 is 5.97 Å². The first-order valence-corrected chi connectivity index (χ1v) is 7.10. The predicted molar refractivity (Wildman–Crippen MR) is 86.4 cm³/mol. The maximum absolute atomic E-state index is 11.7. The van der Waals surface area contributed by atoms with Crippen LogP contribution in [0.5, 0.6) is 5.75 Å². The molecule has 0 bridgehead atoms. The summed E-state index contributed by atoms with van der Waals surface area (Å²) in [5, 5.41) is 28.7. The molecule has 0 aliphatic rings. The first-order chi connectivity index (χ1) is 10.8. The smallest absolute Gasteiger partial charge is 0.329 e. The minimum atomic E-state index is -1.31. The number of aliphatic hydroxyl groups is 1. The maximum atomic E-state index is 11.7. The fraction of sp³-hybridized carbons (Fsp3) is 0.375. The molecular weight excluding hydrogens is 300 g/mol. The Labute approximate surface area is 134 Å². The van der Waals surface area contributed by atoms with Crippen LogP contribution in [0.2, 0.25) is 0 Å². The van der Waals surface area contributed by atoms with Gasteiger partial charge in [-0.2, -0.15) is 0 Å². The van der Waals surface area contributed by atoms with E-state index in [2.05, 4.69) is 13.2 Å². The van der Waals surface area contributed by atoms with E-state index in [9.17, 15) is 24.9 Å². The highest BCUT2D eigenvalue weighted by molar-refractivity contribution is 5.72. The summed E-state index contributed by atoms with van der Waals surface area (Å²) in [6, 6.07) is -0.141. The zero-order valence-electron chi connectivity index (χ0n) is 13.1. The lowest BCUT2D eigenvalue weighted by molar-refractivity contribution is -0.144. The molecule has 0 aliphatic carbocycles. The van der Waals surface area contributed by atoms with Crippen molar-refractivity contribution in [2.24, 2.45) is 0 Å². The van der Waals surface area contributed by atoms with Crippen LogP contribution in [0.4, 0.5) is 0 Å². The minimum Gasteiger partial charge on any atom is -0.503 e. The third-order valence-electron chi connectivity index (χ3n) is 3.31. The first-order valence-electron chi connectivity index (χ1n) is 7.10. The number of aromatic hydroxyl groups is 1. The number of aliphatic carboxylic acids is 1. The van der Waals surface area contributed by atoms with E-state index in [4.69, 9.17) is 0 Å². The highest BCUT2D eigenvalue weighted by Crippen LogP contribution is 2.19. The number of carboxylic acids is 1. The Morgan fingerprint density at radius 1 is 1.39 bits per heavy atom. The molecule has 0 amide bonds. The molecule has 126 valence electrons. The normalized spacial score (nSPS) is 13.5. The zero-order valence-corrected chi connectivity index (χ0v) is 13.1. The largest absolute Gasteiger partial charge is 0.503 e. The van der Waals surface area contributed by atoms with Crippen molar-refractivity contribution in [3.8, 4) is 5.75 Å². The second kappa shape index (κ2) is 8.30. The lowest BCUT2D eigenvalue weighted by Gasteiger charge is -2.26. The van der Waals surface area contributed by atoms with Crippen LogP contribution < -0.4 is 5.43 Å². The molecule has 0 saturated heterocycles. The Bertz CT molecular complexity index is 626. The van der Waals surface area contributed by atoms with E-state index in [1.807, 2.05) is 4.90 Å². The van der Waals surface area contributed by atoms with Crippen LogP contribution in [0, 0.1) is 0 Å². The van der Waals surface area contributed by atoms with Gasteiger partial charge in [0.15, 0.2) is 11.8 Å². The second-order valence-electron chi connectivity index (χ2n) is 5.22. The number of hydrogen-bond donors (Lipinski definition) is 3. The number of pyridine rings is 1. The predicted octanol–water partition coefficient (Wildman–Crippen LogP) is 0.734. The molecule has 7 heteroatoms. The van der Waals surface area contributed by atoms with Crippen molar-refractivity contribution in [3.05, 3.63) is 53.5 Å². The zero-order chi connectivity index (χ0) is 17.6. The Hall–Kier alpha value is -2.38. The molecule has 1 aromatic rings. The summed E-state index contributed by atoms with van der Waals surface area (Å²) in [5.41, 5.74) is -0.243. The number of hydrogen-bond acceptors (Lipinski definition) is 5. The number of nitrogens with zero attached hydrogens (tertiary/aromatic N) is 2. The van der Waals surface area contributed by atoms with Crippen LogP contribution in [0.15, 0.2) is 42.4 Å². The summed E-state index contributed by atoms with van der Waals surface area (Å²) in [6.07, 6.45) is 3.19. The van der Waals surface area contributed by atoms with E-state index >= 15 is 0 Å². The van der Waals surface area contributed by atoms with Crippen molar-refractivity contribution in [2.75, 3.05) is 13.1 Å². The van der Waals surface area contributed by atoms with Crippen LogP contribution >= 0.6 is 0 Å². The van der Waals surface area contributed by atoms with Gasteiger partial charge in [0.25, 0.3) is 0 Å². The third kappa shape index (κ3) is 4.80. The van der Waals surface area contributed by atoms with Crippen molar-refractivity contribution in [2.45, 2.75) is 25.6 Å². The Balaban J connectivity index is 3.36. The van der Waals surface area contributed by atoms with Crippen LogP contribution in [0.25, 0.3) is 0 Å². The van der Waals surface area contributed by atoms with Gasteiger partial charge in [-0.05, 0) is 6.92 Å². The number of carboxylic acid groups (broad SMARTS) is 1. The summed E-state index contributed by atoms with van der Waals surface area (Å²) in [5.74, 6) is -1.83. The highest BCUT2D eigenvalue weighted by atomic mass is 16.4. The molecule has 2 unspecified atom stereocenters. The molecule has 0 fully saturated rings. The van der Waals surface area contributed by atoms with Gasteiger partial charge < -0.3 is 19.9 Å². The van der Waals surface area contributed by atoms with Gasteiger partial charge in [-0.3, -0.25) is 9.69 Å². The lowest BCUT2D eigenvalue weighted by atomic mass is 10.1. The minimum absolute atomic E-state index is 0.240. The van der Waals surface area contributed by atoms with Crippen LogP contribution in [-0.4, -0.2) is 49.9 Å². The van der Waals surface area contributed by atoms with Gasteiger partial charge in [0.2, 0.25) is 5.43 Å². The van der Waals surface area contributed by atoms with Gasteiger partial charge in [-0.1, -0.05) is 12.2 Å². The number of rotatable bonds is 9. The summed E-state index contributed by atoms with van der Waals surface area (Å²) in [7, 11) is 0. The van der Waals surface area contributed by atoms with Gasteiger partial charge in [0, 0.05) is 31.4 Å². The van der Waals surface area contributed by atoms with E-state index in [0.29, 0.717) is 18.8 Å². The van der Waals surface area contributed by atoms with Gasteiger partial charge in [-0.15, -0.1) is 13.2 Å². The Morgan fingerprint density at radius 2 is 1.96 bits per heavy atom. The van der Waals surface area contributed by atoms with Gasteiger partial charge in [-0.25, -0.2) is 4.79 Å². The molecule has 1 aromatic heterocycles. The summed E-state index contributed by atoms with van der Waals surface area (Å²) >= 11 is 0. The number of aromatic nitrogens is 1. The van der Waals surface area contributed by atoms with Crippen LogP contribution in [-0.2, 0) is 11.3 Å². The molecular formula is C16H22N2O5. The molecule has 1 heterocycles. The van der Waals surface area contributed by atoms with E-state index < -0.39 is 29.3 Å². The first kappa shape index (κ1) is 18.7. The van der Waals surface area contributed by atoms with Crippen molar-refractivity contribution >= 4 is 5.97 Å². The van der Waals surface area contributed by atoms with E-state index in [0.717, 1.165) is 6.20 Å². The molecule has 1 rings (SSSR count). The SMILES string of the molecule is C=CCN(CC=C)Cc1cc(=O)c(O)cn1C(C(=O)O)C(C)O. The third-order valence-corrected chi connectivity index (χ3v) is 3.31. The summed E-state index contributed by atoms with van der Waals surface area (Å²) in [6.45, 7) is 9.89. The van der Waals surface area contributed by atoms with Crippen molar-refractivity contribution in [1.82, 2.24) is 9.47 Å². The lowest BCUT2D eigenvalue weighted by Crippen LogP contribution is -2.34. The standard InChI is InChI=1S/C16H22N2O5/c1-4-6-17(7-5-2)9-12-8-13(20)14(21)10-18(12)15(11(3)19)16(22)23/h4-5,8,10-11,15,19,21H,1-2,6-7,9H2,3H3,(H,22,23). The van der Waals surface area contributed by atoms with Crippen molar-refractivity contribution in [3.63, 3.8) is 0 Å². The monoisotopic (exact) mass is 322 g/mol. The molecule has 2 atom stereocenters. The van der Waals surface area contributed by atoms with Crippen molar-refractivity contribution < 1.29 is 20.1 Å². The Morgan fingerprint density at radius 3 is 2.39 bits per heavy atom. The molecule has 0 saturated carbocycles. The number of carbonyl (C=O) groups is 1. The molecule has 0 aliphatic heterocycles. The average molecular weight is 322 g/mol. The molecule has 0 radical (unpaired) electrons. The van der Waals surface area contributed by atoms with Crippen LogP contribution in [0.1, 0.15) is 18.7 Å². The quantitative estimate of drug-likeness (QED) is 0.579. The fourth-order valence-corrected chi connectivity index (χ4v) is 2.32. The molecule has 7 nitrogen and oxygen atoms in total. The van der Waals surface area contributed by atoms with Crippen LogP contribution in [0.3, 0.4) is 0 Å². The Kier molecular flexibility index (Phi) is 6.74. The average Bonchev–Trinajstić information content (AvgIpc) is 2.44. The van der Waals surface area contributed by atoms with E-state index in [-0.39, 0.29) is 6.54 Å². The maximum Gasteiger partial charge on any atom is 0.329 e. The van der Waals surface area contributed by atoms with Crippen molar-refractivity contribution in [1.29, 1.82) is 0 Å². The van der Waals surface area contributed by atoms with E-state index in [1.165, 1.54) is 17.6 Å². The fourth-order valence-electron chi connectivity index (χ4n) is 2.32. The second-order valence-corrected chi connectivity index (χ2v) is 5.22. The molecule has 23 heavy (non-hydrogen) atoms. The van der Waals surface area contributed by atoms with E-state index in [1.54, 1.807) is 12.2 Å². The van der Waals surface area contributed by atoms with Gasteiger partial charge in [0.1, 0.15) is 0 Å². The summed E-state index contributed by atoms with van der Waals surface area (Å²) < 4.78 is 1.21. The number of aliphatic hydroxyl groups excluding tert-OH is 1.